The monoisotopic (exact) mass is 216 g/mol. The van der Waals surface area contributed by atoms with Gasteiger partial charge in [-0.05, 0) is 12.3 Å². The number of hydrogen-bond acceptors (Lipinski definition) is 5. The molecule has 2 heterocycles. The first-order chi connectivity index (χ1) is 7.22. The third-order valence-corrected chi connectivity index (χ3v) is 4.03. The van der Waals surface area contributed by atoms with Gasteiger partial charge in [-0.2, -0.15) is 0 Å². The zero-order chi connectivity index (χ0) is 10.6. The summed E-state index contributed by atoms with van der Waals surface area (Å²) in [5.74, 6) is 0.190. The van der Waals surface area contributed by atoms with Gasteiger partial charge in [-0.15, -0.1) is 0 Å². The lowest BCUT2D eigenvalue weighted by molar-refractivity contribution is -0.252. The molecule has 0 spiro atoms. The van der Waals surface area contributed by atoms with Crippen LogP contribution in [0.5, 0.6) is 0 Å². The largest absolute Gasteiger partial charge is 0.394 e. The van der Waals surface area contributed by atoms with Crippen molar-refractivity contribution >= 4 is 0 Å². The summed E-state index contributed by atoms with van der Waals surface area (Å²) in [6, 6.07) is 0. The van der Waals surface area contributed by atoms with Crippen molar-refractivity contribution in [3.63, 3.8) is 0 Å². The molecule has 0 aromatic rings. The van der Waals surface area contributed by atoms with Gasteiger partial charge in [-0.25, -0.2) is 0 Å². The molecule has 3 rings (SSSR count). The Morgan fingerprint density at radius 3 is 2.73 bits per heavy atom. The van der Waals surface area contributed by atoms with Crippen LogP contribution in [-0.4, -0.2) is 53.1 Å². The average Bonchev–Trinajstić information content (AvgIpc) is 2.74. The van der Waals surface area contributed by atoms with E-state index in [0.717, 1.165) is 0 Å². The highest BCUT2D eigenvalue weighted by Crippen LogP contribution is 2.50. The summed E-state index contributed by atoms with van der Waals surface area (Å²) < 4.78 is 10.9. The van der Waals surface area contributed by atoms with Gasteiger partial charge >= 0.3 is 0 Å². The van der Waals surface area contributed by atoms with Crippen LogP contribution >= 0.6 is 0 Å². The van der Waals surface area contributed by atoms with Crippen LogP contribution in [0.2, 0.25) is 0 Å². The van der Waals surface area contributed by atoms with Gasteiger partial charge in [-0.3, -0.25) is 0 Å². The van der Waals surface area contributed by atoms with Gasteiger partial charge in [0, 0.05) is 11.8 Å². The SMILES string of the molecule is OC[C@H]1O[C@@H]2OC[C@@H]3C[C@H](O)[C@H]([C@@H]1O)[C@@H]32. The van der Waals surface area contributed by atoms with Crippen molar-refractivity contribution < 1.29 is 24.8 Å². The average molecular weight is 216 g/mol. The van der Waals surface area contributed by atoms with E-state index in [1.807, 2.05) is 0 Å². The highest BCUT2D eigenvalue weighted by Gasteiger charge is 2.58. The van der Waals surface area contributed by atoms with E-state index >= 15 is 0 Å². The number of aliphatic hydroxyl groups is 3. The minimum Gasteiger partial charge on any atom is -0.394 e. The van der Waals surface area contributed by atoms with Crippen LogP contribution in [0, 0.1) is 17.8 Å². The lowest BCUT2D eigenvalue weighted by atomic mass is 9.82. The van der Waals surface area contributed by atoms with Crippen molar-refractivity contribution in [2.24, 2.45) is 17.8 Å². The highest BCUT2D eigenvalue weighted by molar-refractivity contribution is 5.03. The molecule has 0 aromatic heterocycles. The lowest BCUT2D eigenvalue weighted by Crippen LogP contribution is -2.52. The standard InChI is InChI=1S/C10H16O5/c11-2-6-9(13)8-5(12)1-4-3-14-10(15-6)7(4)8/h4-13H,1-3H2/t4-,5-,6+,7+,8-,9+,10-/m0/s1. The Morgan fingerprint density at radius 2 is 2.00 bits per heavy atom. The van der Waals surface area contributed by atoms with Crippen molar-refractivity contribution in [1.29, 1.82) is 0 Å². The van der Waals surface area contributed by atoms with Gasteiger partial charge in [0.1, 0.15) is 6.10 Å². The van der Waals surface area contributed by atoms with Crippen molar-refractivity contribution in [3.05, 3.63) is 0 Å². The molecule has 0 aromatic carbocycles. The van der Waals surface area contributed by atoms with E-state index in [-0.39, 0.29) is 24.7 Å². The second-order valence-corrected chi connectivity index (χ2v) is 4.77. The molecule has 0 bridgehead atoms. The van der Waals surface area contributed by atoms with Crippen molar-refractivity contribution in [1.82, 2.24) is 0 Å². The molecule has 3 fully saturated rings. The second-order valence-electron chi connectivity index (χ2n) is 4.77. The summed E-state index contributed by atoms with van der Waals surface area (Å²) in [6.45, 7) is 0.357. The van der Waals surface area contributed by atoms with Crippen LogP contribution in [0.1, 0.15) is 6.42 Å². The summed E-state index contributed by atoms with van der Waals surface area (Å²) in [4.78, 5) is 0. The molecule has 15 heavy (non-hydrogen) atoms. The van der Waals surface area contributed by atoms with E-state index in [2.05, 4.69) is 0 Å². The summed E-state index contributed by atoms with van der Waals surface area (Å²) in [5, 5.41) is 28.9. The van der Waals surface area contributed by atoms with Crippen LogP contribution < -0.4 is 0 Å². The fourth-order valence-corrected chi connectivity index (χ4v) is 3.34. The first-order valence-electron chi connectivity index (χ1n) is 5.46. The molecule has 2 saturated heterocycles. The van der Waals surface area contributed by atoms with Crippen LogP contribution in [0.3, 0.4) is 0 Å². The number of rotatable bonds is 1. The highest BCUT2D eigenvalue weighted by atomic mass is 16.7. The van der Waals surface area contributed by atoms with Crippen molar-refractivity contribution in [3.8, 4) is 0 Å². The summed E-state index contributed by atoms with van der Waals surface area (Å²) in [6.07, 6.45) is -1.57. The molecule has 5 heteroatoms. The molecule has 5 nitrogen and oxygen atoms in total. The Morgan fingerprint density at radius 1 is 1.20 bits per heavy atom. The van der Waals surface area contributed by atoms with E-state index in [9.17, 15) is 10.2 Å². The molecule has 2 aliphatic heterocycles. The molecule has 0 unspecified atom stereocenters. The van der Waals surface area contributed by atoms with Crippen LogP contribution in [0.15, 0.2) is 0 Å². The van der Waals surface area contributed by atoms with Gasteiger partial charge in [0.05, 0.1) is 25.4 Å². The summed E-state index contributed by atoms with van der Waals surface area (Å²) >= 11 is 0. The first-order valence-corrected chi connectivity index (χ1v) is 5.46. The number of aliphatic hydroxyl groups excluding tert-OH is 3. The fraction of sp³-hybridized carbons (Fsp3) is 1.00. The zero-order valence-corrected chi connectivity index (χ0v) is 8.32. The normalized spacial score (nSPS) is 58.2. The molecular weight excluding hydrogens is 200 g/mol. The number of hydrogen-bond donors (Lipinski definition) is 3. The summed E-state index contributed by atoms with van der Waals surface area (Å²) in [5.41, 5.74) is 0. The quantitative estimate of drug-likeness (QED) is 0.508. The molecule has 86 valence electrons. The third kappa shape index (κ3) is 1.28. The van der Waals surface area contributed by atoms with Crippen LogP contribution in [0.25, 0.3) is 0 Å². The van der Waals surface area contributed by atoms with E-state index in [4.69, 9.17) is 14.6 Å². The van der Waals surface area contributed by atoms with Gasteiger partial charge in [0.15, 0.2) is 6.29 Å². The summed E-state index contributed by atoms with van der Waals surface area (Å²) in [7, 11) is 0. The Kier molecular flexibility index (Phi) is 2.26. The maximum absolute atomic E-state index is 9.97. The predicted octanol–water partition coefficient (Wildman–Crippen LogP) is -1.29. The molecule has 0 amide bonds. The number of ether oxygens (including phenoxy) is 2. The smallest absolute Gasteiger partial charge is 0.161 e. The van der Waals surface area contributed by atoms with Gasteiger partial charge < -0.3 is 24.8 Å². The maximum Gasteiger partial charge on any atom is 0.161 e. The molecule has 3 aliphatic rings. The first kappa shape index (κ1) is 9.99. The van der Waals surface area contributed by atoms with Gasteiger partial charge in [-0.1, -0.05) is 0 Å². The van der Waals surface area contributed by atoms with E-state index in [0.29, 0.717) is 18.9 Å². The molecule has 3 N–H and O–H groups in total. The molecule has 1 saturated carbocycles. The Bertz CT molecular complexity index is 258. The molecule has 7 atom stereocenters. The van der Waals surface area contributed by atoms with E-state index < -0.39 is 18.3 Å². The predicted molar refractivity (Wildman–Crippen MR) is 48.8 cm³/mol. The van der Waals surface area contributed by atoms with Crippen molar-refractivity contribution in [2.45, 2.75) is 31.0 Å². The lowest BCUT2D eigenvalue weighted by Gasteiger charge is -2.40. The van der Waals surface area contributed by atoms with Crippen LogP contribution in [0.4, 0.5) is 0 Å². The minimum atomic E-state index is -0.780. The minimum absolute atomic E-state index is 0.0952. The van der Waals surface area contributed by atoms with Gasteiger partial charge in [0.25, 0.3) is 0 Å². The van der Waals surface area contributed by atoms with Crippen LogP contribution in [-0.2, 0) is 9.47 Å². The molecule has 1 aliphatic carbocycles. The second kappa shape index (κ2) is 3.40. The molecular formula is C10H16O5. The zero-order valence-electron chi connectivity index (χ0n) is 8.32. The van der Waals surface area contributed by atoms with Gasteiger partial charge in [0.2, 0.25) is 0 Å². The Hall–Kier alpha value is -0.200. The molecule has 0 radical (unpaired) electrons. The Labute approximate surface area is 87.6 Å². The third-order valence-electron chi connectivity index (χ3n) is 4.03. The fourth-order valence-electron chi connectivity index (χ4n) is 3.34. The topological polar surface area (TPSA) is 79.2 Å². The van der Waals surface area contributed by atoms with E-state index in [1.165, 1.54) is 0 Å². The maximum atomic E-state index is 9.97. The Balaban J connectivity index is 1.89. The van der Waals surface area contributed by atoms with E-state index in [1.54, 1.807) is 0 Å². The van der Waals surface area contributed by atoms with Crippen molar-refractivity contribution in [2.75, 3.05) is 13.2 Å².